The molecule has 2 aromatic heterocycles. The average Bonchev–Trinajstić information content (AvgIpc) is 3.27. The lowest BCUT2D eigenvalue weighted by atomic mass is 9.77. The quantitative estimate of drug-likeness (QED) is 0.414. The Bertz CT molecular complexity index is 1350. The number of sulfone groups is 1. The molecule has 1 N–H and O–H groups in total. The average molecular weight is 539 g/mol. The van der Waals surface area contributed by atoms with Gasteiger partial charge in [-0.15, -0.1) is 10.2 Å². The summed E-state index contributed by atoms with van der Waals surface area (Å²) in [7, 11) is 0.301. The molecule has 1 aliphatic rings. The molecule has 200 valence electrons. The van der Waals surface area contributed by atoms with Crippen molar-refractivity contribution in [2.45, 2.75) is 42.8 Å². The second kappa shape index (κ2) is 10.2. The van der Waals surface area contributed by atoms with Gasteiger partial charge in [-0.3, -0.25) is 4.57 Å². The summed E-state index contributed by atoms with van der Waals surface area (Å²) in [4.78, 5) is 4.40. The first-order valence-corrected chi connectivity index (χ1v) is 13.2. The Morgan fingerprint density at radius 2 is 1.68 bits per heavy atom. The number of rotatable bonds is 10. The Hall–Kier alpha value is -3.32. The number of alkyl halides is 2. The van der Waals surface area contributed by atoms with Gasteiger partial charge in [-0.25, -0.2) is 22.2 Å². The van der Waals surface area contributed by atoms with Gasteiger partial charge < -0.3 is 19.3 Å². The van der Waals surface area contributed by atoms with Gasteiger partial charge in [0.05, 0.1) is 32.7 Å². The van der Waals surface area contributed by atoms with Crippen molar-refractivity contribution in [1.29, 1.82) is 0 Å². The number of hydrogen-bond acceptors (Lipinski definition) is 9. The molecule has 1 saturated carbocycles. The summed E-state index contributed by atoms with van der Waals surface area (Å²) < 4.78 is 71.1. The van der Waals surface area contributed by atoms with Gasteiger partial charge in [0.15, 0.2) is 21.5 Å². The zero-order chi connectivity index (χ0) is 27.0. The fourth-order valence-corrected chi connectivity index (χ4v) is 5.83. The van der Waals surface area contributed by atoms with Crippen molar-refractivity contribution in [3.63, 3.8) is 0 Å². The van der Waals surface area contributed by atoms with Gasteiger partial charge in [-0.2, -0.15) is 0 Å². The van der Waals surface area contributed by atoms with Crippen LogP contribution in [0.25, 0.3) is 17.2 Å². The van der Waals surface area contributed by atoms with Crippen LogP contribution in [0.1, 0.15) is 25.6 Å². The van der Waals surface area contributed by atoms with E-state index in [0.29, 0.717) is 28.8 Å². The summed E-state index contributed by atoms with van der Waals surface area (Å²) in [5.41, 5.74) is 0.683. The molecule has 0 amide bonds. The van der Waals surface area contributed by atoms with Crippen molar-refractivity contribution in [3.8, 4) is 34.6 Å². The molecule has 1 fully saturated rings. The molecule has 13 heteroatoms. The van der Waals surface area contributed by atoms with Crippen LogP contribution in [0.3, 0.4) is 0 Å². The Kier molecular flexibility index (Phi) is 7.38. The molecule has 0 spiro atoms. The first-order chi connectivity index (χ1) is 17.5. The second-order valence-corrected chi connectivity index (χ2v) is 11.2. The molecule has 10 nitrogen and oxygen atoms in total. The van der Waals surface area contributed by atoms with Crippen LogP contribution < -0.4 is 14.2 Å². The smallest absolute Gasteiger partial charge is 0.248 e. The number of methoxy groups -OCH3 is 3. The molecule has 1 aromatic carbocycles. The topological polar surface area (TPSA) is 126 Å². The third-order valence-electron chi connectivity index (χ3n) is 6.50. The first-order valence-electron chi connectivity index (χ1n) is 11.5. The van der Waals surface area contributed by atoms with Gasteiger partial charge in [-0.1, -0.05) is 12.1 Å². The highest BCUT2D eigenvalue weighted by Crippen LogP contribution is 2.45. The van der Waals surface area contributed by atoms with Crippen molar-refractivity contribution in [2.75, 3.05) is 21.3 Å². The highest BCUT2D eigenvalue weighted by atomic mass is 32.2. The summed E-state index contributed by atoms with van der Waals surface area (Å²) in [5.74, 6) is -3.11. The molecule has 3 aromatic rings. The number of aliphatic hydroxyl groups excluding tert-OH is 1. The number of pyridine rings is 1. The molecule has 0 radical (unpaired) electrons. The molecule has 0 aliphatic heterocycles. The van der Waals surface area contributed by atoms with E-state index in [1.807, 2.05) is 0 Å². The predicted molar refractivity (Wildman–Crippen MR) is 130 cm³/mol. The van der Waals surface area contributed by atoms with Crippen molar-refractivity contribution < 1.29 is 36.5 Å². The second-order valence-electron chi connectivity index (χ2n) is 8.88. The molecule has 2 heterocycles. The lowest BCUT2D eigenvalue weighted by Crippen LogP contribution is -2.48. The van der Waals surface area contributed by atoms with Gasteiger partial charge in [-0.05, 0) is 31.0 Å². The van der Waals surface area contributed by atoms with E-state index in [4.69, 9.17) is 14.2 Å². The van der Waals surface area contributed by atoms with Crippen molar-refractivity contribution in [1.82, 2.24) is 19.7 Å². The van der Waals surface area contributed by atoms with Crippen LogP contribution in [0.15, 0.2) is 36.4 Å². The predicted octanol–water partition coefficient (Wildman–Crippen LogP) is 3.06. The van der Waals surface area contributed by atoms with Crippen molar-refractivity contribution >= 4 is 9.84 Å². The van der Waals surface area contributed by atoms with Crippen molar-refractivity contribution in [3.05, 3.63) is 42.2 Å². The SMILES string of the molecule is COc1cccc(-c2nnc(CS(=O)(=O)[C@H](C)[C@H](O)C3CC(F)(F)C3)n2-c2c(OC)cccc2OC)n1. The van der Waals surface area contributed by atoms with Gasteiger partial charge in [0.2, 0.25) is 11.8 Å². The summed E-state index contributed by atoms with van der Waals surface area (Å²) in [6.45, 7) is 1.31. The first kappa shape index (κ1) is 26.7. The van der Waals surface area contributed by atoms with Gasteiger partial charge in [0, 0.05) is 18.9 Å². The molecule has 0 bridgehead atoms. The minimum Gasteiger partial charge on any atom is -0.494 e. The maximum Gasteiger partial charge on any atom is 0.248 e. The van der Waals surface area contributed by atoms with Crippen LogP contribution in [0, 0.1) is 5.92 Å². The molecule has 0 saturated heterocycles. The maximum atomic E-state index is 13.4. The zero-order valence-electron chi connectivity index (χ0n) is 20.8. The van der Waals surface area contributed by atoms with E-state index in [0.717, 1.165) is 0 Å². The fraction of sp³-hybridized carbons (Fsp3) is 0.458. The van der Waals surface area contributed by atoms with E-state index in [2.05, 4.69) is 15.2 Å². The third kappa shape index (κ3) is 5.23. The number of benzene rings is 1. The van der Waals surface area contributed by atoms with E-state index in [1.54, 1.807) is 36.4 Å². The monoisotopic (exact) mass is 538 g/mol. The molecular formula is C24H28F2N4O6S. The van der Waals surface area contributed by atoms with Crippen LogP contribution in [0.4, 0.5) is 8.78 Å². The van der Waals surface area contributed by atoms with E-state index in [-0.39, 0.29) is 11.6 Å². The zero-order valence-corrected chi connectivity index (χ0v) is 21.6. The number of ether oxygens (including phenoxy) is 3. The molecule has 0 unspecified atom stereocenters. The Labute approximate surface area is 213 Å². The highest BCUT2D eigenvalue weighted by Gasteiger charge is 2.51. The van der Waals surface area contributed by atoms with E-state index in [1.165, 1.54) is 32.8 Å². The number of para-hydroxylation sites is 1. The Morgan fingerprint density at radius 1 is 1.05 bits per heavy atom. The number of halogens is 2. The summed E-state index contributed by atoms with van der Waals surface area (Å²) in [6.07, 6.45) is -2.54. The summed E-state index contributed by atoms with van der Waals surface area (Å²) in [6, 6.07) is 10.0. The molecule has 4 rings (SSSR count). The van der Waals surface area contributed by atoms with Gasteiger partial charge in [0.25, 0.3) is 0 Å². The van der Waals surface area contributed by atoms with Gasteiger partial charge >= 0.3 is 0 Å². The van der Waals surface area contributed by atoms with E-state index >= 15 is 0 Å². The molecule has 1 aliphatic carbocycles. The minimum absolute atomic E-state index is 0.000379. The standard InChI is InChI=1S/C24H28F2N4O6S/c1-14(22(31)15-11-24(25,26)12-15)37(32,33)13-19-28-29-23(16-7-5-10-20(27-16)36-4)30(19)21-17(34-2)8-6-9-18(21)35-3/h5-10,14-15,22,31H,11-13H2,1-4H3/t14-,22+/m1/s1. The van der Waals surface area contributed by atoms with Crippen molar-refractivity contribution in [2.24, 2.45) is 5.92 Å². The van der Waals surface area contributed by atoms with Crippen LogP contribution in [0.2, 0.25) is 0 Å². The lowest BCUT2D eigenvalue weighted by molar-refractivity contribution is -0.140. The largest absolute Gasteiger partial charge is 0.494 e. The number of aromatic nitrogens is 4. The van der Waals surface area contributed by atoms with Crippen LogP contribution in [-0.2, 0) is 15.6 Å². The minimum atomic E-state index is -4.07. The normalized spacial score (nSPS) is 17.1. The Balaban J connectivity index is 1.80. The summed E-state index contributed by atoms with van der Waals surface area (Å²) in [5, 5.41) is 17.6. The van der Waals surface area contributed by atoms with Crippen LogP contribution in [-0.4, -0.2) is 71.9 Å². The highest BCUT2D eigenvalue weighted by molar-refractivity contribution is 7.91. The molecule has 2 atom stereocenters. The Morgan fingerprint density at radius 3 is 2.24 bits per heavy atom. The molecule has 37 heavy (non-hydrogen) atoms. The summed E-state index contributed by atoms with van der Waals surface area (Å²) >= 11 is 0. The molecular weight excluding hydrogens is 510 g/mol. The lowest BCUT2D eigenvalue weighted by Gasteiger charge is -2.39. The van der Waals surface area contributed by atoms with E-state index < -0.39 is 51.6 Å². The van der Waals surface area contributed by atoms with Crippen LogP contribution >= 0.6 is 0 Å². The maximum absolute atomic E-state index is 13.4. The van der Waals surface area contributed by atoms with Crippen LogP contribution in [0.5, 0.6) is 17.4 Å². The van der Waals surface area contributed by atoms with Gasteiger partial charge in [0.1, 0.15) is 28.6 Å². The third-order valence-corrected chi connectivity index (χ3v) is 8.57. The number of hydrogen-bond donors (Lipinski definition) is 1. The van der Waals surface area contributed by atoms with E-state index in [9.17, 15) is 22.3 Å². The fourth-order valence-electron chi connectivity index (χ4n) is 4.37. The number of nitrogens with zero attached hydrogens (tertiary/aromatic N) is 4. The number of aliphatic hydroxyl groups is 1.